The third kappa shape index (κ3) is 4.51. The van der Waals surface area contributed by atoms with Crippen molar-refractivity contribution in [1.82, 2.24) is 15.1 Å². The third-order valence-corrected chi connectivity index (χ3v) is 5.08. The fourth-order valence-electron chi connectivity index (χ4n) is 3.73. The van der Waals surface area contributed by atoms with Crippen molar-refractivity contribution in [3.8, 4) is 5.75 Å². The largest absolute Gasteiger partial charge is 0.497 e. The first kappa shape index (κ1) is 17.7. The molecule has 2 saturated heterocycles. The highest BCUT2D eigenvalue weighted by Gasteiger charge is 2.28. The summed E-state index contributed by atoms with van der Waals surface area (Å²) in [5, 5.41) is 2.78. The number of benzene rings is 1. The molecule has 6 heteroatoms. The summed E-state index contributed by atoms with van der Waals surface area (Å²) in [7, 11) is 1.66. The normalized spacial score (nSPS) is 20.7. The van der Waals surface area contributed by atoms with Gasteiger partial charge < -0.3 is 15.0 Å². The molecule has 1 atom stereocenters. The van der Waals surface area contributed by atoms with Gasteiger partial charge in [-0.15, -0.1) is 0 Å². The minimum Gasteiger partial charge on any atom is -0.497 e. The molecule has 25 heavy (non-hydrogen) atoms. The van der Waals surface area contributed by atoms with Gasteiger partial charge in [-0.25, -0.2) is 0 Å². The van der Waals surface area contributed by atoms with Crippen LogP contribution in [0.4, 0.5) is 0 Å². The van der Waals surface area contributed by atoms with Gasteiger partial charge in [0.1, 0.15) is 5.75 Å². The van der Waals surface area contributed by atoms with Crippen molar-refractivity contribution < 1.29 is 14.3 Å². The zero-order chi connectivity index (χ0) is 17.6. The lowest BCUT2D eigenvalue weighted by Crippen LogP contribution is -2.42. The number of methoxy groups -OCH3 is 1. The second-order valence-electron chi connectivity index (χ2n) is 6.77. The number of carbonyl (C=O) groups is 2. The SMILES string of the molecule is COc1cccc(C2CCCN2CC(=O)NCC(=O)N2CCCC2)c1. The lowest BCUT2D eigenvalue weighted by atomic mass is 10.0. The van der Waals surface area contributed by atoms with Gasteiger partial charge in [-0.2, -0.15) is 0 Å². The Morgan fingerprint density at radius 2 is 2.00 bits per heavy atom. The molecule has 0 aromatic heterocycles. The molecule has 0 radical (unpaired) electrons. The summed E-state index contributed by atoms with van der Waals surface area (Å²) in [6.45, 7) is 2.97. The van der Waals surface area contributed by atoms with Crippen molar-refractivity contribution >= 4 is 11.8 Å². The highest BCUT2D eigenvalue weighted by molar-refractivity contribution is 5.85. The van der Waals surface area contributed by atoms with E-state index in [1.165, 1.54) is 5.56 Å². The molecule has 2 aliphatic rings. The van der Waals surface area contributed by atoms with E-state index in [1.807, 2.05) is 23.1 Å². The van der Waals surface area contributed by atoms with Crippen LogP contribution in [0, 0.1) is 0 Å². The highest BCUT2D eigenvalue weighted by Crippen LogP contribution is 2.32. The molecule has 2 aliphatic heterocycles. The van der Waals surface area contributed by atoms with E-state index in [-0.39, 0.29) is 24.4 Å². The molecule has 1 aromatic rings. The number of amides is 2. The van der Waals surface area contributed by atoms with Crippen molar-refractivity contribution in [1.29, 1.82) is 0 Å². The smallest absolute Gasteiger partial charge is 0.241 e. The molecule has 136 valence electrons. The summed E-state index contributed by atoms with van der Waals surface area (Å²) >= 11 is 0. The number of ether oxygens (including phenoxy) is 1. The Labute approximate surface area is 149 Å². The summed E-state index contributed by atoms with van der Waals surface area (Å²) in [6, 6.07) is 8.27. The molecule has 0 aliphatic carbocycles. The van der Waals surface area contributed by atoms with Gasteiger partial charge in [0, 0.05) is 19.1 Å². The molecule has 0 saturated carbocycles. The second kappa shape index (κ2) is 8.34. The molecular formula is C19H27N3O3. The number of hydrogen-bond acceptors (Lipinski definition) is 4. The van der Waals surface area contributed by atoms with Crippen molar-refractivity contribution in [3.63, 3.8) is 0 Å². The van der Waals surface area contributed by atoms with E-state index in [2.05, 4.69) is 16.3 Å². The average molecular weight is 345 g/mol. The fourth-order valence-corrected chi connectivity index (χ4v) is 3.73. The van der Waals surface area contributed by atoms with Crippen LogP contribution in [0.1, 0.15) is 37.3 Å². The van der Waals surface area contributed by atoms with Gasteiger partial charge in [0.15, 0.2) is 0 Å². The first-order valence-corrected chi connectivity index (χ1v) is 9.10. The zero-order valence-corrected chi connectivity index (χ0v) is 14.9. The van der Waals surface area contributed by atoms with Gasteiger partial charge in [-0.05, 0) is 49.9 Å². The molecule has 6 nitrogen and oxygen atoms in total. The van der Waals surface area contributed by atoms with Crippen molar-refractivity contribution in [2.24, 2.45) is 0 Å². The molecule has 0 spiro atoms. The van der Waals surface area contributed by atoms with Crippen LogP contribution in [0.5, 0.6) is 5.75 Å². The molecular weight excluding hydrogens is 318 g/mol. The van der Waals surface area contributed by atoms with Gasteiger partial charge in [0.2, 0.25) is 11.8 Å². The van der Waals surface area contributed by atoms with Crippen molar-refractivity contribution in [2.75, 3.05) is 39.8 Å². The molecule has 1 aromatic carbocycles. The Kier molecular flexibility index (Phi) is 5.91. The van der Waals surface area contributed by atoms with Crippen LogP contribution >= 0.6 is 0 Å². The topological polar surface area (TPSA) is 61.9 Å². The fraction of sp³-hybridized carbons (Fsp3) is 0.579. The van der Waals surface area contributed by atoms with Gasteiger partial charge >= 0.3 is 0 Å². The standard InChI is InChI=1S/C19H27N3O3/c1-25-16-7-4-6-15(12-16)17-8-5-11-22(17)14-18(23)20-13-19(24)21-9-2-3-10-21/h4,6-7,12,17H,2-3,5,8-11,13-14H2,1H3,(H,20,23). The molecule has 2 amide bonds. The van der Waals surface area contributed by atoms with E-state index in [1.54, 1.807) is 7.11 Å². The number of carbonyl (C=O) groups excluding carboxylic acids is 2. The first-order valence-electron chi connectivity index (χ1n) is 9.10. The highest BCUT2D eigenvalue weighted by atomic mass is 16.5. The lowest BCUT2D eigenvalue weighted by molar-refractivity contribution is -0.132. The molecule has 2 fully saturated rings. The van der Waals surface area contributed by atoms with Crippen molar-refractivity contribution in [3.05, 3.63) is 29.8 Å². The third-order valence-electron chi connectivity index (χ3n) is 5.08. The minimum atomic E-state index is -0.0812. The zero-order valence-electron chi connectivity index (χ0n) is 14.9. The van der Waals surface area contributed by atoms with Gasteiger partial charge in [-0.1, -0.05) is 12.1 Å². The summed E-state index contributed by atoms with van der Waals surface area (Å²) in [5.74, 6) is 0.781. The van der Waals surface area contributed by atoms with Crippen LogP contribution in [0.25, 0.3) is 0 Å². The van der Waals surface area contributed by atoms with E-state index in [9.17, 15) is 9.59 Å². The molecule has 3 rings (SSSR count). The number of likely N-dealkylation sites (tertiary alicyclic amines) is 2. The van der Waals surface area contributed by atoms with Gasteiger partial charge in [0.25, 0.3) is 0 Å². The molecule has 1 N–H and O–H groups in total. The van der Waals surface area contributed by atoms with Crippen LogP contribution in [0.3, 0.4) is 0 Å². The molecule has 0 bridgehead atoms. The average Bonchev–Trinajstić information content (AvgIpc) is 3.31. The van der Waals surface area contributed by atoms with Gasteiger partial charge in [0.05, 0.1) is 20.2 Å². The van der Waals surface area contributed by atoms with Crippen LogP contribution in [-0.4, -0.2) is 61.4 Å². The Morgan fingerprint density at radius 3 is 2.76 bits per heavy atom. The molecule has 2 heterocycles. The van der Waals surface area contributed by atoms with E-state index in [0.717, 1.165) is 51.1 Å². The van der Waals surface area contributed by atoms with Crippen molar-refractivity contribution in [2.45, 2.75) is 31.7 Å². The number of nitrogens with zero attached hydrogens (tertiary/aromatic N) is 2. The quantitative estimate of drug-likeness (QED) is 0.850. The molecule has 1 unspecified atom stereocenters. The number of hydrogen-bond donors (Lipinski definition) is 1. The first-order chi connectivity index (χ1) is 12.2. The Morgan fingerprint density at radius 1 is 1.20 bits per heavy atom. The van der Waals surface area contributed by atoms with E-state index in [0.29, 0.717) is 6.54 Å². The second-order valence-corrected chi connectivity index (χ2v) is 6.77. The van der Waals surface area contributed by atoms with Crippen LogP contribution in [0.15, 0.2) is 24.3 Å². The number of nitrogens with one attached hydrogen (secondary N) is 1. The monoisotopic (exact) mass is 345 g/mol. The summed E-state index contributed by atoms with van der Waals surface area (Å²) in [6.07, 6.45) is 4.24. The predicted molar refractivity (Wildman–Crippen MR) is 95.4 cm³/mol. The van der Waals surface area contributed by atoms with Gasteiger partial charge in [-0.3, -0.25) is 14.5 Å². The lowest BCUT2D eigenvalue weighted by Gasteiger charge is -2.24. The van der Waals surface area contributed by atoms with Crippen LogP contribution in [-0.2, 0) is 9.59 Å². The summed E-state index contributed by atoms with van der Waals surface area (Å²) in [4.78, 5) is 28.3. The van der Waals surface area contributed by atoms with Crippen LogP contribution < -0.4 is 10.1 Å². The summed E-state index contributed by atoms with van der Waals surface area (Å²) in [5.41, 5.74) is 1.18. The maximum atomic E-state index is 12.3. The Balaban J connectivity index is 1.52. The predicted octanol–water partition coefficient (Wildman–Crippen LogP) is 1.57. The number of rotatable bonds is 6. The van der Waals surface area contributed by atoms with Crippen LogP contribution in [0.2, 0.25) is 0 Å². The van der Waals surface area contributed by atoms with E-state index in [4.69, 9.17) is 4.74 Å². The maximum Gasteiger partial charge on any atom is 0.241 e. The van der Waals surface area contributed by atoms with E-state index < -0.39 is 0 Å². The Bertz CT molecular complexity index is 614. The Hall–Kier alpha value is -2.08. The maximum absolute atomic E-state index is 12.3. The van der Waals surface area contributed by atoms with E-state index >= 15 is 0 Å². The minimum absolute atomic E-state index is 0.0246. The summed E-state index contributed by atoms with van der Waals surface area (Å²) < 4.78 is 5.30.